The quantitative estimate of drug-likeness (QED) is 0.0211. The third-order valence-corrected chi connectivity index (χ3v) is 14.0. The number of likely N-dealkylation sites (N-methyl/N-ethyl adjacent to an activating group) is 1. The van der Waals surface area contributed by atoms with Crippen molar-refractivity contribution in [2.75, 3.05) is 47.5 Å². The molecule has 0 aliphatic rings. The molecule has 0 aliphatic heterocycles. The molecule has 0 aromatic carbocycles. The van der Waals surface area contributed by atoms with Crippen molar-refractivity contribution in [3.63, 3.8) is 0 Å². The molecule has 0 spiro atoms. The number of carbonyl (C=O) groups is 2. The number of quaternary nitrogens is 1. The van der Waals surface area contributed by atoms with Gasteiger partial charge < -0.3 is 18.9 Å². The Kier molecular flexibility index (Phi) is 51.8. The maximum absolute atomic E-state index is 12.8. The van der Waals surface area contributed by atoms with Gasteiger partial charge in [0.2, 0.25) is 0 Å². The number of allylic oxidation sites excluding steroid dienone is 10. The van der Waals surface area contributed by atoms with Gasteiger partial charge >= 0.3 is 19.8 Å². The van der Waals surface area contributed by atoms with Crippen LogP contribution in [-0.4, -0.2) is 74.9 Å². The molecular weight excluding hydrogens is 918 g/mol. The molecule has 2 unspecified atom stereocenters. The normalized spacial score (nSPS) is 13.7. The third-order valence-electron chi connectivity index (χ3n) is 13.1. The molecule has 0 bridgehead atoms. The summed E-state index contributed by atoms with van der Waals surface area (Å²) in [7, 11) is 1.49. The number of hydrogen-bond acceptors (Lipinski definition) is 7. The van der Waals surface area contributed by atoms with E-state index in [1.807, 2.05) is 21.1 Å². The van der Waals surface area contributed by atoms with Crippen LogP contribution >= 0.6 is 7.82 Å². The van der Waals surface area contributed by atoms with E-state index in [0.29, 0.717) is 23.9 Å². The number of carbonyl (C=O) groups excluding carboxylic acids is 2. The Hall–Kier alpha value is -2.29. The van der Waals surface area contributed by atoms with E-state index in [0.717, 1.165) is 64.2 Å². The van der Waals surface area contributed by atoms with Crippen LogP contribution in [0.3, 0.4) is 0 Å². The summed E-state index contributed by atoms with van der Waals surface area (Å²) in [5.41, 5.74) is 0. The largest absolute Gasteiger partial charge is 0.472 e. The maximum atomic E-state index is 12.8. The number of phosphoric acid groups is 1. The second-order valence-electron chi connectivity index (χ2n) is 21.4. The molecule has 0 aliphatic carbocycles. The minimum Gasteiger partial charge on any atom is -0.462 e. The lowest BCUT2D eigenvalue weighted by atomic mass is 10.0. The van der Waals surface area contributed by atoms with E-state index >= 15 is 0 Å². The molecule has 1 N–H and O–H groups in total. The maximum Gasteiger partial charge on any atom is 0.472 e. The highest BCUT2D eigenvalue weighted by molar-refractivity contribution is 7.47. The number of unbranched alkanes of at least 4 members (excludes halogenated alkanes) is 31. The highest BCUT2D eigenvalue weighted by Gasteiger charge is 2.27. The van der Waals surface area contributed by atoms with Gasteiger partial charge in [-0.3, -0.25) is 18.6 Å². The zero-order valence-electron chi connectivity index (χ0n) is 47.7. The van der Waals surface area contributed by atoms with Crippen LogP contribution < -0.4 is 0 Å². The lowest BCUT2D eigenvalue weighted by molar-refractivity contribution is -0.870. The molecule has 9 nitrogen and oxygen atoms in total. The Morgan fingerprint density at radius 3 is 1.18 bits per heavy atom. The van der Waals surface area contributed by atoms with Crippen molar-refractivity contribution in [2.45, 2.75) is 277 Å². The van der Waals surface area contributed by atoms with Gasteiger partial charge in [-0.2, -0.15) is 0 Å². The molecular formula is C62H115NO8P+. The lowest BCUT2D eigenvalue weighted by Gasteiger charge is -2.24. The van der Waals surface area contributed by atoms with E-state index in [1.54, 1.807) is 0 Å². The second-order valence-corrected chi connectivity index (χ2v) is 22.8. The zero-order chi connectivity index (χ0) is 52.7. The van der Waals surface area contributed by atoms with Crippen molar-refractivity contribution in [3.05, 3.63) is 60.8 Å². The summed E-state index contributed by atoms with van der Waals surface area (Å²) in [6, 6.07) is 0. The van der Waals surface area contributed by atoms with Crippen LogP contribution in [0.1, 0.15) is 271 Å². The molecule has 0 saturated heterocycles. The summed E-state index contributed by atoms with van der Waals surface area (Å²) in [5, 5.41) is 0. The van der Waals surface area contributed by atoms with Gasteiger partial charge in [0, 0.05) is 12.8 Å². The van der Waals surface area contributed by atoms with Crippen molar-refractivity contribution in [1.82, 2.24) is 0 Å². The number of nitrogens with zero attached hydrogens (tertiary/aromatic N) is 1. The molecule has 0 radical (unpaired) electrons. The van der Waals surface area contributed by atoms with Crippen molar-refractivity contribution < 1.29 is 42.1 Å². The molecule has 0 saturated carbocycles. The van der Waals surface area contributed by atoms with Crippen LogP contribution in [0.2, 0.25) is 0 Å². The summed E-state index contributed by atoms with van der Waals surface area (Å²) >= 11 is 0. The molecule has 0 aromatic heterocycles. The molecule has 0 fully saturated rings. The van der Waals surface area contributed by atoms with E-state index < -0.39 is 26.5 Å². The standard InChI is InChI=1S/C62H114NO8P/c1-6-8-10-12-14-16-18-20-22-23-24-25-26-27-28-29-30-31-32-33-34-35-36-37-38-39-41-43-45-47-49-51-53-55-62(65)71-60(59-70-72(66,67)69-57-56-63(3,4)5)58-68-61(64)54-52-50-48-46-44-42-40-21-19-17-15-13-11-9-7-2/h8,10,14,16,20,22,24-25,27-28,60H,6-7,9,11-13,15,17-19,21,23,26,29-59H2,1-5H3/p+1/b10-8-,16-14-,22-20-,25-24-,28-27-. The van der Waals surface area contributed by atoms with Crippen molar-refractivity contribution in [1.29, 1.82) is 0 Å². The van der Waals surface area contributed by atoms with Gasteiger partial charge in [0.1, 0.15) is 19.8 Å². The van der Waals surface area contributed by atoms with Crippen molar-refractivity contribution in [3.8, 4) is 0 Å². The van der Waals surface area contributed by atoms with Gasteiger partial charge in [-0.1, -0.05) is 261 Å². The van der Waals surface area contributed by atoms with E-state index in [-0.39, 0.29) is 25.6 Å². The van der Waals surface area contributed by atoms with Gasteiger partial charge in [-0.05, 0) is 57.8 Å². The van der Waals surface area contributed by atoms with Crippen LogP contribution in [0.25, 0.3) is 0 Å². The zero-order valence-corrected chi connectivity index (χ0v) is 48.6. The Bertz CT molecular complexity index is 1400. The Morgan fingerprint density at radius 2 is 0.792 bits per heavy atom. The molecule has 420 valence electrons. The average Bonchev–Trinajstić information content (AvgIpc) is 3.34. The number of ether oxygens (including phenoxy) is 2. The van der Waals surface area contributed by atoms with E-state index in [9.17, 15) is 19.0 Å². The fourth-order valence-electron chi connectivity index (χ4n) is 8.46. The predicted molar refractivity (Wildman–Crippen MR) is 307 cm³/mol. The molecule has 0 heterocycles. The SMILES string of the molecule is CC/C=C\C/C=C\C/C=C\C/C=C\C/C=C\CCCCCCCCCCCCCCCCCCCC(=O)OC(COC(=O)CCCCCCCCCCCCCCCCC)COP(=O)(O)OCC[N+](C)(C)C. The predicted octanol–water partition coefficient (Wildman–Crippen LogP) is 18.7. The first-order valence-electron chi connectivity index (χ1n) is 30.0. The Morgan fingerprint density at radius 1 is 0.444 bits per heavy atom. The minimum atomic E-state index is -4.38. The summed E-state index contributed by atoms with van der Waals surface area (Å²) in [6.45, 7) is 4.35. The number of hydrogen-bond donors (Lipinski definition) is 1. The highest BCUT2D eigenvalue weighted by atomic mass is 31.2. The minimum absolute atomic E-state index is 0.0330. The first kappa shape index (κ1) is 69.7. The smallest absolute Gasteiger partial charge is 0.462 e. The molecule has 72 heavy (non-hydrogen) atoms. The van der Waals surface area contributed by atoms with E-state index in [4.69, 9.17) is 18.5 Å². The first-order valence-corrected chi connectivity index (χ1v) is 31.5. The molecule has 0 amide bonds. The van der Waals surface area contributed by atoms with Crippen molar-refractivity contribution >= 4 is 19.8 Å². The lowest BCUT2D eigenvalue weighted by Crippen LogP contribution is -2.37. The van der Waals surface area contributed by atoms with Crippen molar-refractivity contribution in [2.24, 2.45) is 0 Å². The molecule has 10 heteroatoms. The third kappa shape index (κ3) is 57.0. The van der Waals surface area contributed by atoms with Gasteiger partial charge in [0.15, 0.2) is 6.10 Å². The van der Waals surface area contributed by atoms with Crippen LogP contribution in [0.5, 0.6) is 0 Å². The van der Waals surface area contributed by atoms with Gasteiger partial charge in [0.25, 0.3) is 0 Å². The summed E-state index contributed by atoms with van der Waals surface area (Å²) in [4.78, 5) is 35.7. The molecule has 0 aromatic rings. The fourth-order valence-corrected chi connectivity index (χ4v) is 9.20. The first-order chi connectivity index (χ1) is 35.0. The van der Waals surface area contributed by atoms with Crippen LogP contribution in [-0.2, 0) is 32.7 Å². The summed E-state index contributed by atoms with van der Waals surface area (Å²) < 4.78 is 34.6. The summed E-state index contributed by atoms with van der Waals surface area (Å²) in [6.07, 6.45) is 68.7. The number of phosphoric ester groups is 1. The Labute approximate surface area is 445 Å². The summed E-state index contributed by atoms with van der Waals surface area (Å²) in [5.74, 6) is -0.785. The average molecular weight is 1030 g/mol. The molecule has 0 rings (SSSR count). The van der Waals surface area contributed by atoms with Crippen LogP contribution in [0.4, 0.5) is 0 Å². The highest BCUT2D eigenvalue weighted by Crippen LogP contribution is 2.43. The number of rotatable bonds is 55. The van der Waals surface area contributed by atoms with Gasteiger partial charge in [0.05, 0.1) is 27.7 Å². The van der Waals surface area contributed by atoms with Gasteiger partial charge in [-0.15, -0.1) is 0 Å². The topological polar surface area (TPSA) is 108 Å². The van der Waals surface area contributed by atoms with E-state index in [2.05, 4.69) is 74.6 Å². The van der Waals surface area contributed by atoms with Crippen LogP contribution in [0, 0.1) is 0 Å². The fraction of sp³-hybridized carbons (Fsp3) is 0.806. The second kappa shape index (κ2) is 53.5. The number of esters is 2. The van der Waals surface area contributed by atoms with E-state index in [1.165, 1.54) is 173 Å². The molecule has 2 atom stereocenters. The Balaban J connectivity index is 4.03. The monoisotopic (exact) mass is 1030 g/mol. The van der Waals surface area contributed by atoms with Crippen LogP contribution in [0.15, 0.2) is 60.8 Å². The van der Waals surface area contributed by atoms with Gasteiger partial charge in [-0.25, -0.2) is 4.57 Å².